The normalized spacial score (nSPS) is 33.0. The van der Waals surface area contributed by atoms with Crippen LogP contribution < -0.4 is 11.1 Å². The van der Waals surface area contributed by atoms with Crippen LogP contribution in [0.15, 0.2) is 0 Å². The van der Waals surface area contributed by atoms with Crippen molar-refractivity contribution in [2.75, 3.05) is 19.7 Å². The van der Waals surface area contributed by atoms with E-state index in [9.17, 15) is 0 Å². The minimum Gasteiger partial charge on any atom is -0.396 e. The van der Waals surface area contributed by atoms with E-state index < -0.39 is 0 Å². The second kappa shape index (κ2) is 3.91. The van der Waals surface area contributed by atoms with Crippen LogP contribution in [0.4, 0.5) is 0 Å². The molecule has 0 saturated carbocycles. The van der Waals surface area contributed by atoms with E-state index in [1.54, 1.807) is 0 Å². The first-order chi connectivity index (χ1) is 4.88. The maximum atomic E-state index is 8.66. The number of aliphatic hydroxyl groups excluding tert-OH is 1. The molecule has 1 aliphatic rings. The first kappa shape index (κ1) is 7.98. The predicted molar refractivity (Wildman–Crippen MR) is 39.7 cm³/mol. The third-order valence-electron chi connectivity index (χ3n) is 2.15. The summed E-state index contributed by atoms with van der Waals surface area (Å²) >= 11 is 0. The van der Waals surface area contributed by atoms with Crippen molar-refractivity contribution in [3.63, 3.8) is 0 Å². The van der Waals surface area contributed by atoms with E-state index in [2.05, 4.69) is 5.32 Å². The fraction of sp³-hybridized carbons (Fsp3) is 1.00. The van der Waals surface area contributed by atoms with Gasteiger partial charge in [-0.1, -0.05) is 0 Å². The maximum Gasteiger partial charge on any atom is 0.0434 e. The van der Waals surface area contributed by atoms with Gasteiger partial charge in [-0.05, 0) is 18.8 Å². The number of nitrogens with zero attached hydrogens (tertiary/aromatic N) is 1. The van der Waals surface area contributed by atoms with Gasteiger partial charge in [0.15, 0.2) is 0 Å². The standard InChI is InChI=1S/C7H15N2O/c8-5-7-6(2-4-10)1-3-9-7/h6-7,10H,1-5,8H2. The van der Waals surface area contributed by atoms with Gasteiger partial charge in [-0.15, -0.1) is 0 Å². The van der Waals surface area contributed by atoms with Crippen LogP contribution in [0.2, 0.25) is 0 Å². The van der Waals surface area contributed by atoms with Crippen molar-refractivity contribution in [2.45, 2.75) is 18.9 Å². The van der Waals surface area contributed by atoms with Gasteiger partial charge in [0, 0.05) is 25.7 Å². The summed E-state index contributed by atoms with van der Waals surface area (Å²) in [7, 11) is 0. The van der Waals surface area contributed by atoms with E-state index in [0.717, 1.165) is 19.4 Å². The molecule has 59 valence electrons. The maximum absolute atomic E-state index is 8.66. The van der Waals surface area contributed by atoms with Gasteiger partial charge in [-0.25, -0.2) is 5.32 Å². The Morgan fingerprint density at radius 2 is 2.40 bits per heavy atom. The van der Waals surface area contributed by atoms with Crippen LogP contribution in [-0.2, 0) is 0 Å². The Bertz CT molecular complexity index is 97.6. The highest BCUT2D eigenvalue weighted by Crippen LogP contribution is 2.19. The minimum absolute atomic E-state index is 0.274. The van der Waals surface area contributed by atoms with Crippen LogP contribution in [0.3, 0.4) is 0 Å². The fourth-order valence-electron chi connectivity index (χ4n) is 1.52. The Balaban J connectivity index is 2.27. The van der Waals surface area contributed by atoms with Gasteiger partial charge in [-0.2, -0.15) is 0 Å². The van der Waals surface area contributed by atoms with Crippen LogP contribution >= 0.6 is 0 Å². The first-order valence-electron chi connectivity index (χ1n) is 3.86. The molecular weight excluding hydrogens is 128 g/mol. The Kier molecular flexibility index (Phi) is 3.12. The molecule has 1 heterocycles. The van der Waals surface area contributed by atoms with Gasteiger partial charge in [-0.3, -0.25) is 0 Å². The molecule has 3 nitrogen and oxygen atoms in total. The Labute approximate surface area is 61.6 Å². The van der Waals surface area contributed by atoms with Crippen molar-refractivity contribution in [1.29, 1.82) is 0 Å². The smallest absolute Gasteiger partial charge is 0.0434 e. The zero-order valence-electron chi connectivity index (χ0n) is 6.16. The summed E-state index contributed by atoms with van der Waals surface area (Å²) in [6.45, 7) is 1.86. The lowest BCUT2D eigenvalue weighted by Crippen LogP contribution is -2.31. The van der Waals surface area contributed by atoms with Crippen molar-refractivity contribution in [3.05, 3.63) is 0 Å². The van der Waals surface area contributed by atoms with Gasteiger partial charge in [0.25, 0.3) is 0 Å². The highest BCUT2D eigenvalue weighted by molar-refractivity contribution is 4.83. The third-order valence-corrected chi connectivity index (χ3v) is 2.15. The molecule has 0 spiro atoms. The summed E-state index contributed by atoms with van der Waals surface area (Å²) in [6.07, 6.45) is 1.98. The van der Waals surface area contributed by atoms with Gasteiger partial charge < -0.3 is 10.8 Å². The third kappa shape index (κ3) is 1.68. The zero-order chi connectivity index (χ0) is 7.40. The van der Waals surface area contributed by atoms with Gasteiger partial charge in [0.05, 0.1) is 0 Å². The number of aliphatic hydroxyl groups is 1. The molecule has 0 aromatic heterocycles. The monoisotopic (exact) mass is 143 g/mol. The van der Waals surface area contributed by atoms with Gasteiger partial charge in [0.2, 0.25) is 0 Å². The van der Waals surface area contributed by atoms with Crippen molar-refractivity contribution in [3.8, 4) is 0 Å². The molecule has 0 amide bonds. The van der Waals surface area contributed by atoms with Crippen LogP contribution in [0.5, 0.6) is 0 Å². The topological polar surface area (TPSA) is 60.4 Å². The van der Waals surface area contributed by atoms with Crippen molar-refractivity contribution in [1.82, 2.24) is 5.32 Å². The first-order valence-corrected chi connectivity index (χ1v) is 3.86. The molecule has 10 heavy (non-hydrogen) atoms. The highest BCUT2D eigenvalue weighted by Gasteiger charge is 2.25. The van der Waals surface area contributed by atoms with E-state index in [1.807, 2.05) is 0 Å². The molecule has 1 fully saturated rings. The molecule has 0 bridgehead atoms. The molecule has 2 atom stereocenters. The van der Waals surface area contributed by atoms with E-state index in [1.165, 1.54) is 0 Å². The van der Waals surface area contributed by atoms with Crippen LogP contribution in [0.25, 0.3) is 0 Å². The number of hydrogen-bond donors (Lipinski definition) is 2. The summed E-state index contributed by atoms with van der Waals surface area (Å²) in [4.78, 5) is 0. The summed E-state index contributed by atoms with van der Waals surface area (Å²) in [5.41, 5.74) is 5.48. The van der Waals surface area contributed by atoms with Gasteiger partial charge in [0.1, 0.15) is 0 Å². The Morgan fingerprint density at radius 1 is 1.60 bits per heavy atom. The molecule has 1 radical (unpaired) electrons. The average molecular weight is 143 g/mol. The Hall–Kier alpha value is -0.120. The predicted octanol–water partition coefficient (Wildman–Crippen LogP) is -0.680. The molecular formula is C7H15N2O. The molecule has 1 aliphatic heterocycles. The molecule has 0 aromatic rings. The second-order valence-electron chi connectivity index (χ2n) is 2.77. The molecule has 1 saturated heterocycles. The number of nitrogens with two attached hydrogens (primary N) is 1. The van der Waals surface area contributed by atoms with Crippen LogP contribution in [-0.4, -0.2) is 30.8 Å². The van der Waals surface area contributed by atoms with Crippen molar-refractivity contribution < 1.29 is 5.11 Å². The summed E-state index contributed by atoms with van der Waals surface area (Å²) in [6, 6.07) is 0.326. The van der Waals surface area contributed by atoms with E-state index in [0.29, 0.717) is 18.5 Å². The minimum atomic E-state index is 0.274. The van der Waals surface area contributed by atoms with Crippen molar-refractivity contribution >= 4 is 0 Å². The molecule has 0 aromatic carbocycles. The lowest BCUT2D eigenvalue weighted by Gasteiger charge is -2.14. The Morgan fingerprint density at radius 3 is 3.00 bits per heavy atom. The SMILES string of the molecule is NCC1[N]CCC1CCO. The molecule has 3 heteroatoms. The lowest BCUT2D eigenvalue weighted by molar-refractivity contribution is 0.249. The molecule has 0 aliphatic carbocycles. The van der Waals surface area contributed by atoms with E-state index in [4.69, 9.17) is 10.8 Å². The molecule has 2 unspecified atom stereocenters. The number of hydrogen-bond acceptors (Lipinski definition) is 2. The molecule has 3 N–H and O–H groups in total. The summed E-state index contributed by atoms with van der Waals surface area (Å²) < 4.78 is 0. The lowest BCUT2D eigenvalue weighted by atomic mass is 9.98. The molecule has 1 rings (SSSR count). The fourth-order valence-corrected chi connectivity index (χ4v) is 1.52. The summed E-state index contributed by atoms with van der Waals surface area (Å²) in [5, 5.41) is 13.0. The average Bonchev–Trinajstić information content (AvgIpc) is 2.36. The second-order valence-corrected chi connectivity index (χ2v) is 2.77. The zero-order valence-corrected chi connectivity index (χ0v) is 6.16. The quantitative estimate of drug-likeness (QED) is 0.550. The van der Waals surface area contributed by atoms with E-state index >= 15 is 0 Å². The van der Waals surface area contributed by atoms with E-state index in [-0.39, 0.29) is 6.61 Å². The highest BCUT2D eigenvalue weighted by atomic mass is 16.3. The van der Waals surface area contributed by atoms with Crippen LogP contribution in [0.1, 0.15) is 12.8 Å². The van der Waals surface area contributed by atoms with Crippen molar-refractivity contribution in [2.24, 2.45) is 11.7 Å². The van der Waals surface area contributed by atoms with Gasteiger partial charge >= 0.3 is 0 Å². The van der Waals surface area contributed by atoms with Crippen LogP contribution in [0, 0.1) is 5.92 Å². The largest absolute Gasteiger partial charge is 0.396 e. The number of rotatable bonds is 3. The summed E-state index contributed by atoms with van der Waals surface area (Å²) in [5.74, 6) is 0.551.